The van der Waals surface area contributed by atoms with Gasteiger partial charge in [0.2, 0.25) is 0 Å². The summed E-state index contributed by atoms with van der Waals surface area (Å²) in [6.07, 6.45) is -1.08. The van der Waals surface area contributed by atoms with E-state index < -0.39 is 12.2 Å². The summed E-state index contributed by atoms with van der Waals surface area (Å²) >= 11 is 0. The molecule has 0 aliphatic rings. The summed E-state index contributed by atoms with van der Waals surface area (Å²) in [7, 11) is 0. The summed E-state index contributed by atoms with van der Waals surface area (Å²) in [4.78, 5) is 0. The van der Waals surface area contributed by atoms with E-state index in [2.05, 4.69) is 0 Å². The van der Waals surface area contributed by atoms with E-state index in [1.807, 2.05) is 32.9 Å². The molecule has 0 heterocycles. The molecule has 3 heteroatoms. The van der Waals surface area contributed by atoms with Gasteiger partial charge in [0.15, 0.2) is 0 Å². The van der Waals surface area contributed by atoms with E-state index in [9.17, 15) is 10.2 Å². The fourth-order valence-electron chi connectivity index (χ4n) is 1.52. The number of hydrogen-bond donors (Lipinski definition) is 2. The molecule has 0 aliphatic carbocycles. The third kappa shape index (κ3) is 3.22. The molecule has 1 rings (SSSR count). The molecule has 2 N–H and O–H groups in total. The van der Waals surface area contributed by atoms with E-state index in [4.69, 9.17) is 4.74 Å². The van der Waals surface area contributed by atoms with Crippen molar-refractivity contribution in [2.75, 3.05) is 0 Å². The minimum absolute atomic E-state index is 0.0483. The molecule has 0 spiro atoms. The molecular weight excluding hydrogens is 204 g/mol. The third-order valence-corrected chi connectivity index (χ3v) is 2.38. The van der Waals surface area contributed by atoms with Crippen LogP contribution in [-0.2, 0) is 0 Å². The Hall–Kier alpha value is -1.06. The molecular formula is C13H20O3. The van der Waals surface area contributed by atoms with Gasteiger partial charge in [0.25, 0.3) is 0 Å². The van der Waals surface area contributed by atoms with Crippen molar-refractivity contribution in [2.45, 2.75) is 45.5 Å². The first-order valence-corrected chi connectivity index (χ1v) is 5.68. The molecule has 0 fully saturated rings. The number of aliphatic hydroxyl groups is 2. The van der Waals surface area contributed by atoms with Crippen LogP contribution in [0.5, 0.6) is 5.75 Å². The second-order valence-corrected chi connectivity index (χ2v) is 4.12. The Morgan fingerprint density at radius 1 is 1.19 bits per heavy atom. The lowest BCUT2D eigenvalue weighted by atomic mass is 10.0. The van der Waals surface area contributed by atoms with E-state index in [0.29, 0.717) is 17.7 Å². The van der Waals surface area contributed by atoms with Crippen molar-refractivity contribution in [1.82, 2.24) is 0 Å². The van der Waals surface area contributed by atoms with Gasteiger partial charge in [0, 0.05) is 5.56 Å². The highest BCUT2D eigenvalue weighted by molar-refractivity contribution is 5.35. The van der Waals surface area contributed by atoms with Crippen LogP contribution in [0.3, 0.4) is 0 Å². The van der Waals surface area contributed by atoms with Crippen LogP contribution in [0.2, 0.25) is 0 Å². The molecule has 16 heavy (non-hydrogen) atoms. The van der Waals surface area contributed by atoms with Gasteiger partial charge < -0.3 is 14.9 Å². The number of hydrogen-bond acceptors (Lipinski definition) is 3. The lowest BCUT2D eigenvalue weighted by Gasteiger charge is -2.21. The van der Waals surface area contributed by atoms with E-state index >= 15 is 0 Å². The molecule has 0 bridgehead atoms. The van der Waals surface area contributed by atoms with Gasteiger partial charge >= 0.3 is 0 Å². The molecule has 1 aromatic carbocycles. The molecule has 1 aromatic rings. The monoisotopic (exact) mass is 224 g/mol. The maximum absolute atomic E-state index is 9.95. The molecule has 90 valence electrons. The lowest BCUT2D eigenvalue weighted by molar-refractivity contribution is 0.0143. The van der Waals surface area contributed by atoms with Gasteiger partial charge in [-0.1, -0.05) is 25.1 Å². The van der Waals surface area contributed by atoms with Crippen LogP contribution in [0.1, 0.15) is 38.9 Å². The molecule has 0 aromatic heterocycles. The Balaban J connectivity index is 2.93. The Morgan fingerprint density at radius 3 is 2.38 bits per heavy atom. The first-order chi connectivity index (χ1) is 7.56. The standard InChI is InChI=1S/C13H20O3/c1-4-11(14)13(15)10-7-5-6-8-12(10)16-9(2)3/h5-9,11,13-15H,4H2,1-3H3. The van der Waals surface area contributed by atoms with Gasteiger partial charge in [-0.25, -0.2) is 0 Å². The van der Waals surface area contributed by atoms with Crippen LogP contribution < -0.4 is 4.74 Å². The first-order valence-electron chi connectivity index (χ1n) is 5.68. The Labute approximate surface area is 96.7 Å². The van der Waals surface area contributed by atoms with Gasteiger partial charge in [-0.2, -0.15) is 0 Å². The molecule has 0 aliphatic heterocycles. The summed E-state index contributed by atoms with van der Waals surface area (Å²) in [6, 6.07) is 7.27. The summed E-state index contributed by atoms with van der Waals surface area (Å²) in [5.41, 5.74) is 0.644. The highest BCUT2D eigenvalue weighted by Gasteiger charge is 2.20. The number of rotatable bonds is 5. The van der Waals surface area contributed by atoms with Gasteiger partial charge in [0.05, 0.1) is 12.2 Å². The molecule has 0 saturated carbocycles. The van der Waals surface area contributed by atoms with Gasteiger partial charge in [0.1, 0.15) is 11.9 Å². The molecule has 0 saturated heterocycles. The predicted molar refractivity (Wildman–Crippen MR) is 63.5 cm³/mol. The summed E-state index contributed by atoms with van der Waals surface area (Å²) in [5, 5.41) is 19.6. The maximum atomic E-state index is 9.95. The molecule has 0 radical (unpaired) electrons. The predicted octanol–water partition coefficient (Wildman–Crippen LogP) is 2.28. The minimum atomic E-state index is -0.889. The van der Waals surface area contributed by atoms with Crippen LogP contribution in [0.25, 0.3) is 0 Å². The fourth-order valence-corrected chi connectivity index (χ4v) is 1.52. The molecule has 2 atom stereocenters. The highest BCUT2D eigenvalue weighted by Crippen LogP contribution is 2.28. The quantitative estimate of drug-likeness (QED) is 0.806. The Kier molecular flexibility index (Phi) is 4.77. The zero-order valence-electron chi connectivity index (χ0n) is 10.1. The van der Waals surface area contributed by atoms with Crippen molar-refractivity contribution in [1.29, 1.82) is 0 Å². The number of ether oxygens (including phenoxy) is 1. The van der Waals surface area contributed by atoms with Crippen LogP contribution in [0.15, 0.2) is 24.3 Å². The highest BCUT2D eigenvalue weighted by atomic mass is 16.5. The average molecular weight is 224 g/mol. The van der Waals surface area contributed by atoms with Crippen molar-refractivity contribution >= 4 is 0 Å². The zero-order valence-corrected chi connectivity index (χ0v) is 10.1. The summed E-state index contributed by atoms with van der Waals surface area (Å²) in [5.74, 6) is 0.637. The minimum Gasteiger partial charge on any atom is -0.491 e. The van der Waals surface area contributed by atoms with Crippen molar-refractivity contribution < 1.29 is 14.9 Å². The summed E-state index contributed by atoms with van der Waals surface area (Å²) in [6.45, 7) is 5.69. The maximum Gasteiger partial charge on any atom is 0.125 e. The lowest BCUT2D eigenvalue weighted by Crippen LogP contribution is -2.18. The molecule has 2 unspecified atom stereocenters. The van der Waals surface area contributed by atoms with E-state index in [1.165, 1.54) is 0 Å². The second kappa shape index (κ2) is 5.87. The van der Waals surface area contributed by atoms with Crippen molar-refractivity contribution in [2.24, 2.45) is 0 Å². The van der Waals surface area contributed by atoms with Gasteiger partial charge in [-0.15, -0.1) is 0 Å². The largest absolute Gasteiger partial charge is 0.491 e. The van der Waals surface area contributed by atoms with Crippen LogP contribution in [-0.4, -0.2) is 22.4 Å². The van der Waals surface area contributed by atoms with Crippen LogP contribution in [0.4, 0.5) is 0 Å². The normalized spacial score (nSPS) is 14.9. The Bertz CT molecular complexity index is 323. The van der Waals surface area contributed by atoms with Crippen molar-refractivity contribution in [3.63, 3.8) is 0 Å². The van der Waals surface area contributed by atoms with Crippen molar-refractivity contribution in [3.05, 3.63) is 29.8 Å². The van der Waals surface area contributed by atoms with Gasteiger partial charge in [-0.3, -0.25) is 0 Å². The smallest absolute Gasteiger partial charge is 0.125 e. The summed E-state index contributed by atoms with van der Waals surface area (Å²) < 4.78 is 5.59. The van der Waals surface area contributed by atoms with Gasteiger partial charge in [-0.05, 0) is 26.3 Å². The number of benzene rings is 1. The Morgan fingerprint density at radius 2 is 1.81 bits per heavy atom. The zero-order chi connectivity index (χ0) is 12.1. The third-order valence-electron chi connectivity index (χ3n) is 2.38. The van der Waals surface area contributed by atoms with E-state index in [-0.39, 0.29) is 6.10 Å². The van der Waals surface area contributed by atoms with E-state index in [1.54, 1.807) is 12.1 Å². The molecule has 0 amide bonds. The first kappa shape index (κ1) is 13.0. The van der Waals surface area contributed by atoms with Crippen molar-refractivity contribution in [3.8, 4) is 5.75 Å². The number of para-hydroxylation sites is 1. The fraction of sp³-hybridized carbons (Fsp3) is 0.538. The van der Waals surface area contributed by atoms with E-state index in [0.717, 1.165) is 0 Å². The second-order valence-electron chi connectivity index (χ2n) is 4.12. The SMILES string of the molecule is CCC(O)C(O)c1ccccc1OC(C)C. The average Bonchev–Trinajstić information content (AvgIpc) is 2.27. The van der Waals surface area contributed by atoms with Crippen LogP contribution >= 0.6 is 0 Å². The van der Waals surface area contributed by atoms with Crippen LogP contribution in [0, 0.1) is 0 Å². The molecule has 3 nitrogen and oxygen atoms in total. The topological polar surface area (TPSA) is 49.7 Å². The number of aliphatic hydroxyl groups excluding tert-OH is 2.